The zero-order valence-corrected chi connectivity index (χ0v) is 11.5. The number of aromatic nitrogens is 1. The lowest BCUT2D eigenvalue weighted by Gasteiger charge is -2.15. The molecule has 1 atom stereocenters. The maximum absolute atomic E-state index is 13.5. The number of nitriles is 1. The van der Waals surface area contributed by atoms with Crippen molar-refractivity contribution < 1.29 is 4.39 Å². The van der Waals surface area contributed by atoms with E-state index in [1.165, 1.54) is 0 Å². The first-order chi connectivity index (χ1) is 9.61. The van der Waals surface area contributed by atoms with Gasteiger partial charge < -0.3 is 5.32 Å². The van der Waals surface area contributed by atoms with Gasteiger partial charge in [-0.1, -0.05) is 18.2 Å². The van der Waals surface area contributed by atoms with E-state index in [1.807, 2.05) is 19.1 Å². The molecule has 0 aliphatic heterocycles. The van der Waals surface area contributed by atoms with E-state index >= 15 is 0 Å². The minimum Gasteiger partial charge on any atom is -0.306 e. The number of pyridine rings is 1. The van der Waals surface area contributed by atoms with Crippen LogP contribution in [0.3, 0.4) is 0 Å². The van der Waals surface area contributed by atoms with Gasteiger partial charge in [-0.25, -0.2) is 9.37 Å². The Morgan fingerprint density at radius 1 is 1.40 bits per heavy atom. The third kappa shape index (κ3) is 3.19. The minimum absolute atomic E-state index is 0.00292. The number of benzene rings is 1. The van der Waals surface area contributed by atoms with Crippen molar-refractivity contribution in [2.75, 3.05) is 0 Å². The van der Waals surface area contributed by atoms with Gasteiger partial charge in [0.2, 0.25) is 0 Å². The summed E-state index contributed by atoms with van der Waals surface area (Å²) in [6, 6.07) is 10.9. The van der Waals surface area contributed by atoms with Gasteiger partial charge in [0.1, 0.15) is 17.6 Å². The summed E-state index contributed by atoms with van der Waals surface area (Å²) in [5.74, 6) is -0.199. The molecule has 20 heavy (non-hydrogen) atoms. The molecule has 0 aliphatic rings. The van der Waals surface area contributed by atoms with Crippen LogP contribution in [-0.4, -0.2) is 4.98 Å². The zero-order valence-electron chi connectivity index (χ0n) is 11.5. The van der Waals surface area contributed by atoms with Crippen LogP contribution in [0, 0.1) is 24.1 Å². The topological polar surface area (TPSA) is 48.7 Å². The van der Waals surface area contributed by atoms with Crippen LogP contribution in [0.2, 0.25) is 0 Å². The molecular weight excluding hydrogens is 253 g/mol. The molecule has 1 heterocycles. The SMILES string of the molecule is Cc1ccc(C(C)NCc2cccnc2C#N)cc1F. The zero-order chi connectivity index (χ0) is 14.5. The molecule has 1 unspecified atom stereocenters. The summed E-state index contributed by atoms with van der Waals surface area (Å²) in [5, 5.41) is 12.3. The van der Waals surface area contributed by atoms with Crippen LogP contribution in [0.15, 0.2) is 36.5 Å². The molecule has 0 amide bonds. The number of halogens is 1. The maximum atomic E-state index is 13.5. The van der Waals surface area contributed by atoms with Crippen molar-refractivity contribution in [2.45, 2.75) is 26.4 Å². The number of nitrogens with zero attached hydrogens (tertiary/aromatic N) is 2. The van der Waals surface area contributed by atoms with E-state index in [9.17, 15) is 4.39 Å². The number of rotatable bonds is 4. The van der Waals surface area contributed by atoms with Gasteiger partial charge in [0, 0.05) is 24.3 Å². The van der Waals surface area contributed by atoms with Crippen LogP contribution in [0.4, 0.5) is 4.39 Å². The molecule has 3 nitrogen and oxygen atoms in total. The van der Waals surface area contributed by atoms with E-state index in [1.54, 1.807) is 31.3 Å². The van der Waals surface area contributed by atoms with Gasteiger partial charge in [-0.15, -0.1) is 0 Å². The molecule has 4 heteroatoms. The highest BCUT2D eigenvalue weighted by Crippen LogP contribution is 2.17. The summed E-state index contributed by atoms with van der Waals surface area (Å²) in [5.41, 5.74) is 2.78. The molecular formula is C16H16FN3. The van der Waals surface area contributed by atoms with Crippen LogP contribution >= 0.6 is 0 Å². The van der Waals surface area contributed by atoms with Crippen LogP contribution in [-0.2, 0) is 6.54 Å². The van der Waals surface area contributed by atoms with Crippen LogP contribution in [0.25, 0.3) is 0 Å². The van der Waals surface area contributed by atoms with Gasteiger partial charge in [-0.3, -0.25) is 0 Å². The Morgan fingerprint density at radius 3 is 2.90 bits per heavy atom. The Balaban J connectivity index is 2.07. The molecule has 1 aromatic carbocycles. The largest absolute Gasteiger partial charge is 0.306 e. The van der Waals surface area contributed by atoms with Gasteiger partial charge >= 0.3 is 0 Å². The lowest BCUT2D eigenvalue weighted by molar-refractivity contribution is 0.562. The van der Waals surface area contributed by atoms with Crippen LogP contribution < -0.4 is 5.32 Å². The van der Waals surface area contributed by atoms with E-state index in [0.717, 1.165) is 11.1 Å². The maximum Gasteiger partial charge on any atom is 0.144 e. The lowest BCUT2D eigenvalue weighted by Crippen LogP contribution is -2.19. The molecule has 0 spiro atoms. The standard InChI is InChI=1S/C16H16FN3/c1-11-5-6-13(8-15(11)17)12(2)20-10-14-4-3-7-19-16(14)9-18/h3-8,12,20H,10H2,1-2H3. The fraction of sp³-hybridized carbons (Fsp3) is 0.250. The van der Waals surface area contributed by atoms with Crippen molar-refractivity contribution in [1.82, 2.24) is 10.3 Å². The normalized spacial score (nSPS) is 11.9. The van der Waals surface area contributed by atoms with Gasteiger partial charge in [0.25, 0.3) is 0 Å². The fourth-order valence-corrected chi connectivity index (χ4v) is 1.94. The summed E-state index contributed by atoms with van der Waals surface area (Å²) in [6.45, 7) is 4.23. The molecule has 0 saturated heterocycles. The van der Waals surface area contributed by atoms with Gasteiger partial charge in [-0.2, -0.15) is 5.26 Å². The minimum atomic E-state index is -0.199. The van der Waals surface area contributed by atoms with Crippen molar-refractivity contribution in [3.05, 3.63) is 64.7 Å². The average Bonchev–Trinajstić information content (AvgIpc) is 2.47. The molecule has 0 fully saturated rings. The molecule has 0 aliphatic carbocycles. The molecule has 2 rings (SSSR count). The first-order valence-electron chi connectivity index (χ1n) is 6.45. The highest BCUT2D eigenvalue weighted by molar-refractivity contribution is 5.31. The van der Waals surface area contributed by atoms with E-state index < -0.39 is 0 Å². The first-order valence-corrected chi connectivity index (χ1v) is 6.45. The number of nitrogens with one attached hydrogen (secondary N) is 1. The van der Waals surface area contributed by atoms with Crippen LogP contribution in [0.5, 0.6) is 0 Å². The number of aryl methyl sites for hydroxylation is 1. The summed E-state index contributed by atoms with van der Waals surface area (Å²) < 4.78 is 13.5. The molecule has 0 saturated carbocycles. The molecule has 1 aromatic heterocycles. The fourth-order valence-electron chi connectivity index (χ4n) is 1.94. The second kappa shape index (κ2) is 6.27. The van der Waals surface area contributed by atoms with Gasteiger partial charge in [0.05, 0.1) is 0 Å². The average molecular weight is 269 g/mol. The number of hydrogen-bond acceptors (Lipinski definition) is 3. The van der Waals surface area contributed by atoms with E-state index in [-0.39, 0.29) is 11.9 Å². The number of hydrogen-bond donors (Lipinski definition) is 1. The van der Waals surface area contributed by atoms with Crippen LogP contribution in [0.1, 0.15) is 35.3 Å². The molecule has 0 radical (unpaired) electrons. The molecule has 0 bridgehead atoms. The van der Waals surface area contributed by atoms with Crippen molar-refractivity contribution >= 4 is 0 Å². The molecule has 1 N–H and O–H groups in total. The quantitative estimate of drug-likeness (QED) is 0.926. The Morgan fingerprint density at radius 2 is 2.20 bits per heavy atom. The summed E-state index contributed by atoms with van der Waals surface area (Å²) >= 11 is 0. The van der Waals surface area contributed by atoms with E-state index in [2.05, 4.69) is 16.4 Å². The smallest absolute Gasteiger partial charge is 0.144 e. The predicted molar refractivity (Wildman–Crippen MR) is 75.3 cm³/mol. The third-order valence-corrected chi connectivity index (χ3v) is 3.29. The Hall–Kier alpha value is -2.25. The third-order valence-electron chi connectivity index (χ3n) is 3.29. The summed E-state index contributed by atoms with van der Waals surface area (Å²) in [7, 11) is 0. The Bertz CT molecular complexity index is 646. The lowest BCUT2D eigenvalue weighted by atomic mass is 10.1. The first kappa shape index (κ1) is 14.2. The van der Waals surface area contributed by atoms with Crippen molar-refractivity contribution in [2.24, 2.45) is 0 Å². The monoisotopic (exact) mass is 269 g/mol. The van der Waals surface area contributed by atoms with E-state index in [4.69, 9.17) is 5.26 Å². The summed E-state index contributed by atoms with van der Waals surface area (Å²) in [4.78, 5) is 4.01. The van der Waals surface area contributed by atoms with Gasteiger partial charge in [0.15, 0.2) is 0 Å². The van der Waals surface area contributed by atoms with Crippen molar-refractivity contribution in [1.29, 1.82) is 5.26 Å². The van der Waals surface area contributed by atoms with Crippen molar-refractivity contribution in [3.8, 4) is 6.07 Å². The van der Waals surface area contributed by atoms with Crippen molar-refractivity contribution in [3.63, 3.8) is 0 Å². The second-order valence-corrected chi connectivity index (χ2v) is 4.73. The van der Waals surface area contributed by atoms with E-state index in [0.29, 0.717) is 17.8 Å². The Kier molecular flexibility index (Phi) is 4.44. The molecule has 102 valence electrons. The molecule has 2 aromatic rings. The van der Waals surface area contributed by atoms with Gasteiger partial charge in [-0.05, 0) is 37.1 Å². The highest BCUT2D eigenvalue weighted by Gasteiger charge is 2.09. The predicted octanol–water partition coefficient (Wildman–Crippen LogP) is 3.25. The summed E-state index contributed by atoms with van der Waals surface area (Å²) in [6.07, 6.45) is 1.60. The second-order valence-electron chi connectivity index (χ2n) is 4.73. The highest BCUT2D eigenvalue weighted by atomic mass is 19.1. The Labute approximate surface area is 118 Å².